The van der Waals surface area contributed by atoms with Gasteiger partial charge in [-0.15, -0.1) is 0 Å². The minimum Gasteiger partial charge on any atom is -0.456 e. The monoisotopic (exact) mass is 344 g/mol. The Morgan fingerprint density at radius 3 is 2.83 bits per heavy atom. The second kappa shape index (κ2) is 5.77. The van der Waals surface area contributed by atoms with Crippen LogP contribution in [0, 0.1) is 12.3 Å². The summed E-state index contributed by atoms with van der Waals surface area (Å²) in [4.78, 5) is 29.4. The first-order valence-corrected chi connectivity index (χ1v) is 9.23. The van der Waals surface area contributed by atoms with Gasteiger partial charge in [0, 0.05) is 25.0 Å². The van der Waals surface area contributed by atoms with Crippen molar-refractivity contribution in [3.8, 4) is 0 Å². The molecular formula is C18H20N2O3S. The Hall–Kier alpha value is -2.08. The third-order valence-corrected chi connectivity index (χ3v) is 5.82. The highest BCUT2D eigenvalue weighted by molar-refractivity contribution is 7.08. The summed E-state index contributed by atoms with van der Waals surface area (Å²) in [6, 6.07) is 5.50. The van der Waals surface area contributed by atoms with Crippen molar-refractivity contribution in [2.24, 2.45) is 5.41 Å². The first-order valence-electron chi connectivity index (χ1n) is 8.29. The van der Waals surface area contributed by atoms with Gasteiger partial charge in [-0.3, -0.25) is 9.59 Å². The van der Waals surface area contributed by atoms with Crippen molar-refractivity contribution < 1.29 is 14.0 Å². The number of furan rings is 1. The van der Waals surface area contributed by atoms with Crippen molar-refractivity contribution in [1.29, 1.82) is 0 Å². The number of carbonyl (C=O) groups excluding carboxylic acids is 2. The molecule has 5 nitrogen and oxygen atoms in total. The quantitative estimate of drug-likeness (QED) is 0.840. The van der Waals surface area contributed by atoms with Gasteiger partial charge in [0.25, 0.3) is 5.91 Å². The molecule has 1 spiro atoms. The highest BCUT2D eigenvalue weighted by Crippen LogP contribution is 2.42. The van der Waals surface area contributed by atoms with E-state index in [0.717, 1.165) is 37.3 Å². The summed E-state index contributed by atoms with van der Waals surface area (Å²) in [5, 5.41) is 4.00. The molecule has 0 saturated carbocycles. The molecule has 0 bridgehead atoms. The summed E-state index contributed by atoms with van der Waals surface area (Å²) in [6.07, 6.45) is 2.52. The van der Waals surface area contributed by atoms with Gasteiger partial charge >= 0.3 is 0 Å². The molecule has 1 atom stereocenters. The van der Waals surface area contributed by atoms with Crippen LogP contribution in [0.15, 0.2) is 33.4 Å². The maximum Gasteiger partial charge on any atom is 0.289 e. The number of amides is 2. The largest absolute Gasteiger partial charge is 0.456 e. The van der Waals surface area contributed by atoms with E-state index in [-0.39, 0.29) is 11.8 Å². The Kier molecular flexibility index (Phi) is 3.72. The average molecular weight is 344 g/mol. The molecule has 2 aliphatic rings. The molecule has 6 heteroatoms. The normalized spacial score (nSPS) is 24.1. The third kappa shape index (κ3) is 2.45. The maximum absolute atomic E-state index is 13.1. The van der Waals surface area contributed by atoms with E-state index in [4.69, 9.17) is 4.42 Å². The van der Waals surface area contributed by atoms with Crippen LogP contribution in [-0.2, 0) is 4.79 Å². The van der Waals surface area contributed by atoms with Gasteiger partial charge in [-0.25, -0.2) is 0 Å². The molecule has 4 heterocycles. The number of hydrogen-bond donors (Lipinski definition) is 0. The van der Waals surface area contributed by atoms with Crippen molar-refractivity contribution >= 4 is 28.8 Å². The lowest BCUT2D eigenvalue weighted by molar-refractivity contribution is -0.127. The minimum absolute atomic E-state index is 0.107. The number of anilines is 1. The molecular weight excluding hydrogens is 324 g/mol. The number of nitrogens with zero attached hydrogens (tertiary/aromatic N) is 2. The van der Waals surface area contributed by atoms with Crippen LogP contribution in [-0.4, -0.2) is 36.3 Å². The summed E-state index contributed by atoms with van der Waals surface area (Å²) in [5.41, 5.74) is 0.546. The standard InChI is InChI=1S/C18H20N2O3S/c1-13-3-4-15(23-13)16(21)19-8-2-6-18(12-19)7-9-20(17(18)22)14-5-10-24-11-14/h3-5,10-11H,2,6-9,12H2,1H3. The van der Waals surface area contributed by atoms with Crippen LogP contribution in [0.4, 0.5) is 5.69 Å². The Labute approximate surface area is 144 Å². The molecule has 0 N–H and O–H groups in total. The molecule has 2 aromatic heterocycles. The van der Waals surface area contributed by atoms with Crippen LogP contribution >= 0.6 is 11.3 Å². The van der Waals surface area contributed by atoms with Crippen molar-refractivity contribution in [1.82, 2.24) is 4.90 Å². The van der Waals surface area contributed by atoms with Crippen molar-refractivity contribution in [2.75, 3.05) is 24.5 Å². The van der Waals surface area contributed by atoms with E-state index >= 15 is 0 Å². The van der Waals surface area contributed by atoms with Crippen LogP contribution in [0.5, 0.6) is 0 Å². The molecule has 0 aliphatic carbocycles. The molecule has 4 rings (SSSR count). The van der Waals surface area contributed by atoms with Gasteiger partial charge in [0.1, 0.15) is 5.76 Å². The Morgan fingerprint density at radius 2 is 2.12 bits per heavy atom. The van der Waals surface area contributed by atoms with Crippen LogP contribution in [0.25, 0.3) is 0 Å². The minimum atomic E-state index is -0.433. The van der Waals surface area contributed by atoms with E-state index in [1.807, 2.05) is 28.7 Å². The third-order valence-electron chi connectivity index (χ3n) is 5.15. The van der Waals surface area contributed by atoms with Gasteiger partial charge in [-0.05, 0) is 49.8 Å². The molecule has 2 aromatic rings. The number of carbonyl (C=O) groups is 2. The molecule has 2 fully saturated rings. The van der Waals surface area contributed by atoms with Crippen LogP contribution in [0.3, 0.4) is 0 Å². The van der Waals surface area contributed by atoms with Crippen molar-refractivity contribution in [3.05, 3.63) is 40.5 Å². The molecule has 2 amide bonds. The Balaban J connectivity index is 1.54. The first kappa shape index (κ1) is 15.4. The maximum atomic E-state index is 13.1. The second-order valence-corrected chi connectivity index (χ2v) is 7.49. The van der Waals surface area contributed by atoms with Crippen molar-refractivity contribution in [2.45, 2.75) is 26.2 Å². The first-order chi connectivity index (χ1) is 11.6. The molecule has 24 heavy (non-hydrogen) atoms. The van der Waals surface area contributed by atoms with Crippen LogP contribution in [0.1, 0.15) is 35.6 Å². The average Bonchev–Trinajstić information content (AvgIpc) is 3.31. The summed E-state index contributed by atoms with van der Waals surface area (Å²) >= 11 is 1.60. The fraction of sp³-hybridized carbons (Fsp3) is 0.444. The van der Waals surface area contributed by atoms with Crippen molar-refractivity contribution in [3.63, 3.8) is 0 Å². The number of hydrogen-bond acceptors (Lipinski definition) is 4. The molecule has 2 saturated heterocycles. The zero-order chi connectivity index (χ0) is 16.7. The lowest BCUT2D eigenvalue weighted by Crippen LogP contribution is -2.49. The zero-order valence-corrected chi connectivity index (χ0v) is 14.5. The smallest absolute Gasteiger partial charge is 0.289 e. The van der Waals surface area contributed by atoms with Gasteiger partial charge in [-0.2, -0.15) is 11.3 Å². The fourth-order valence-corrected chi connectivity index (χ4v) is 4.51. The summed E-state index contributed by atoms with van der Waals surface area (Å²) in [7, 11) is 0. The zero-order valence-electron chi connectivity index (χ0n) is 13.7. The predicted molar refractivity (Wildman–Crippen MR) is 92.3 cm³/mol. The highest BCUT2D eigenvalue weighted by Gasteiger charge is 2.50. The number of piperidine rings is 1. The van der Waals surface area contributed by atoms with Gasteiger partial charge in [0.15, 0.2) is 5.76 Å². The number of aryl methyl sites for hydroxylation is 1. The Morgan fingerprint density at radius 1 is 1.25 bits per heavy atom. The molecule has 2 aliphatic heterocycles. The molecule has 0 aromatic carbocycles. The van der Waals surface area contributed by atoms with E-state index in [1.54, 1.807) is 28.4 Å². The van der Waals surface area contributed by atoms with Crippen LogP contribution < -0.4 is 4.90 Å². The number of likely N-dealkylation sites (tertiary alicyclic amines) is 1. The van der Waals surface area contributed by atoms with Crippen LogP contribution in [0.2, 0.25) is 0 Å². The van der Waals surface area contributed by atoms with Gasteiger partial charge in [0.05, 0.1) is 11.1 Å². The highest BCUT2D eigenvalue weighted by atomic mass is 32.1. The predicted octanol–water partition coefficient (Wildman–Crippen LogP) is 3.31. The molecule has 1 unspecified atom stereocenters. The van der Waals surface area contributed by atoms with E-state index in [1.165, 1.54) is 0 Å². The lowest BCUT2D eigenvalue weighted by Gasteiger charge is -2.38. The summed E-state index contributed by atoms with van der Waals surface area (Å²) < 4.78 is 5.47. The fourth-order valence-electron chi connectivity index (χ4n) is 3.87. The lowest BCUT2D eigenvalue weighted by atomic mass is 9.78. The second-order valence-electron chi connectivity index (χ2n) is 6.71. The van der Waals surface area contributed by atoms with Gasteiger partial charge in [0.2, 0.25) is 5.91 Å². The summed E-state index contributed by atoms with van der Waals surface area (Å²) in [5.74, 6) is 1.15. The Bertz CT molecular complexity index is 767. The summed E-state index contributed by atoms with van der Waals surface area (Å²) in [6.45, 7) is 3.74. The van der Waals surface area contributed by atoms with Gasteiger partial charge in [-0.1, -0.05) is 0 Å². The molecule has 0 radical (unpaired) electrons. The van der Waals surface area contributed by atoms with E-state index < -0.39 is 5.41 Å². The SMILES string of the molecule is Cc1ccc(C(=O)N2CCCC3(CCN(c4ccsc4)C3=O)C2)o1. The molecule has 126 valence electrons. The number of thiophene rings is 1. The van der Waals surface area contributed by atoms with E-state index in [0.29, 0.717) is 18.8 Å². The number of rotatable bonds is 2. The van der Waals surface area contributed by atoms with E-state index in [9.17, 15) is 9.59 Å². The topological polar surface area (TPSA) is 53.8 Å². The van der Waals surface area contributed by atoms with E-state index in [2.05, 4.69) is 0 Å². The van der Waals surface area contributed by atoms with Gasteiger partial charge < -0.3 is 14.2 Å².